The summed E-state index contributed by atoms with van der Waals surface area (Å²) in [5, 5.41) is 26.7. The minimum absolute atomic E-state index is 0.0608. The summed E-state index contributed by atoms with van der Waals surface area (Å²) in [5.74, 6) is -5.08. The van der Waals surface area contributed by atoms with E-state index in [9.17, 15) is 29.1 Å². The molecule has 1 heterocycles. The molecule has 12 heteroatoms. The molecule has 12 nitrogen and oxygen atoms in total. The molecule has 2 rings (SSSR count). The van der Waals surface area contributed by atoms with Gasteiger partial charge in [-0.2, -0.15) is 0 Å². The van der Waals surface area contributed by atoms with Gasteiger partial charge < -0.3 is 36.9 Å². The Balaban J connectivity index is 2.29. The van der Waals surface area contributed by atoms with E-state index in [4.69, 9.17) is 10.8 Å². The highest BCUT2D eigenvalue weighted by Gasteiger charge is 2.31. The van der Waals surface area contributed by atoms with Gasteiger partial charge in [0.2, 0.25) is 17.7 Å². The highest BCUT2D eigenvalue weighted by molar-refractivity contribution is 5.95. The molecule has 196 valence electrons. The normalized spacial score (nSPS) is 14.5. The number of nitrogens with two attached hydrogens (primary N) is 1. The standard InChI is InChI=1S/C24H33N5O7/c1-12(2)20(24(35)36)29-22(33)17(8-9-19(30)31)27-23(34)18(28-21(32)13(3)25)10-14-11-26-16-7-5-4-6-15(14)16/h4-7,11-13,17-18,20,26H,8-10,25H2,1-3H3,(H,27,34)(H,28,32)(H,29,33)(H,30,31)(H,35,36). The smallest absolute Gasteiger partial charge is 0.326 e. The fourth-order valence-electron chi connectivity index (χ4n) is 3.61. The number of amides is 3. The molecule has 8 N–H and O–H groups in total. The molecule has 1 aromatic carbocycles. The van der Waals surface area contributed by atoms with Crippen molar-refractivity contribution in [1.82, 2.24) is 20.9 Å². The van der Waals surface area contributed by atoms with E-state index < -0.39 is 66.2 Å². The SMILES string of the molecule is CC(N)C(=O)NC(Cc1c[nH]c2ccccc12)C(=O)NC(CCC(=O)O)C(=O)NC(C(=O)O)C(C)C. The van der Waals surface area contributed by atoms with Crippen LogP contribution in [0.3, 0.4) is 0 Å². The molecule has 0 bridgehead atoms. The predicted molar refractivity (Wildman–Crippen MR) is 131 cm³/mol. The summed E-state index contributed by atoms with van der Waals surface area (Å²) in [4.78, 5) is 64.2. The lowest BCUT2D eigenvalue weighted by molar-refractivity contribution is -0.144. The van der Waals surface area contributed by atoms with Crippen molar-refractivity contribution < 1.29 is 34.2 Å². The van der Waals surface area contributed by atoms with Gasteiger partial charge in [0, 0.05) is 29.9 Å². The number of nitrogens with one attached hydrogen (secondary N) is 4. The lowest BCUT2D eigenvalue weighted by Gasteiger charge is -2.25. The minimum Gasteiger partial charge on any atom is -0.481 e. The van der Waals surface area contributed by atoms with Crippen LogP contribution in [0.2, 0.25) is 0 Å². The second kappa shape index (κ2) is 12.7. The number of H-pyrrole nitrogens is 1. The lowest BCUT2D eigenvalue weighted by Crippen LogP contribution is -2.58. The number of aromatic nitrogens is 1. The Morgan fingerprint density at radius 1 is 0.917 bits per heavy atom. The summed E-state index contributed by atoms with van der Waals surface area (Å²) < 4.78 is 0. The van der Waals surface area contributed by atoms with Crippen LogP contribution in [0.1, 0.15) is 39.2 Å². The first-order valence-electron chi connectivity index (χ1n) is 11.6. The van der Waals surface area contributed by atoms with E-state index in [1.54, 1.807) is 20.0 Å². The first kappa shape index (κ1) is 28.3. The van der Waals surface area contributed by atoms with Gasteiger partial charge in [0.25, 0.3) is 0 Å². The van der Waals surface area contributed by atoms with Crippen LogP contribution >= 0.6 is 0 Å². The quantitative estimate of drug-likeness (QED) is 0.199. The van der Waals surface area contributed by atoms with Gasteiger partial charge in [0.1, 0.15) is 18.1 Å². The summed E-state index contributed by atoms with van der Waals surface area (Å²) in [5.41, 5.74) is 7.22. The highest BCUT2D eigenvalue weighted by Crippen LogP contribution is 2.19. The number of carbonyl (C=O) groups excluding carboxylic acids is 3. The molecule has 4 unspecified atom stereocenters. The van der Waals surface area contributed by atoms with Crippen LogP contribution in [-0.4, -0.2) is 69.0 Å². The average Bonchev–Trinajstić information content (AvgIpc) is 3.21. The van der Waals surface area contributed by atoms with Gasteiger partial charge in [-0.3, -0.25) is 19.2 Å². The molecular formula is C24H33N5O7. The number of hydrogen-bond donors (Lipinski definition) is 7. The monoisotopic (exact) mass is 503 g/mol. The number of carboxylic acid groups (broad SMARTS) is 2. The third-order valence-electron chi connectivity index (χ3n) is 5.66. The topological polar surface area (TPSA) is 204 Å². The second-order valence-electron chi connectivity index (χ2n) is 8.98. The summed E-state index contributed by atoms with van der Waals surface area (Å²) in [7, 11) is 0. The molecule has 0 aliphatic heterocycles. The number of carbonyl (C=O) groups is 5. The number of aromatic amines is 1. The van der Waals surface area contributed by atoms with E-state index in [0.29, 0.717) is 0 Å². The van der Waals surface area contributed by atoms with Crippen molar-refractivity contribution in [3.63, 3.8) is 0 Å². The maximum Gasteiger partial charge on any atom is 0.326 e. The number of aliphatic carboxylic acids is 2. The fraction of sp³-hybridized carbons (Fsp3) is 0.458. The Morgan fingerprint density at radius 3 is 2.11 bits per heavy atom. The maximum atomic E-state index is 13.3. The fourth-order valence-corrected chi connectivity index (χ4v) is 3.61. The molecule has 1 aromatic heterocycles. The van der Waals surface area contributed by atoms with Crippen LogP contribution in [-0.2, 0) is 30.4 Å². The number of benzene rings is 1. The van der Waals surface area contributed by atoms with Crippen molar-refractivity contribution in [2.24, 2.45) is 11.7 Å². The molecule has 0 fully saturated rings. The number of fused-ring (bicyclic) bond motifs is 1. The summed E-state index contributed by atoms with van der Waals surface area (Å²) in [6.07, 6.45) is 1.04. The van der Waals surface area contributed by atoms with Gasteiger partial charge in [-0.25, -0.2) is 4.79 Å². The molecule has 3 amide bonds. The average molecular weight is 504 g/mol. The number of para-hydroxylation sites is 1. The van der Waals surface area contributed by atoms with Crippen LogP contribution in [0, 0.1) is 5.92 Å². The minimum atomic E-state index is -1.34. The Morgan fingerprint density at radius 2 is 1.53 bits per heavy atom. The zero-order valence-electron chi connectivity index (χ0n) is 20.4. The van der Waals surface area contributed by atoms with Crippen molar-refractivity contribution in [2.45, 2.75) is 64.2 Å². The Labute approximate surface area is 208 Å². The number of hydrogen-bond acceptors (Lipinski definition) is 6. The third kappa shape index (κ3) is 7.80. The predicted octanol–water partition coefficient (Wildman–Crippen LogP) is 0.117. The molecule has 0 spiro atoms. The largest absolute Gasteiger partial charge is 0.481 e. The van der Waals surface area contributed by atoms with Crippen LogP contribution in [0.5, 0.6) is 0 Å². The molecular weight excluding hydrogens is 470 g/mol. The van der Waals surface area contributed by atoms with Crippen molar-refractivity contribution >= 4 is 40.6 Å². The van der Waals surface area contributed by atoms with Crippen LogP contribution < -0.4 is 21.7 Å². The molecule has 0 saturated heterocycles. The molecule has 4 atom stereocenters. The van der Waals surface area contributed by atoms with Crippen molar-refractivity contribution in [3.05, 3.63) is 36.0 Å². The molecule has 36 heavy (non-hydrogen) atoms. The maximum absolute atomic E-state index is 13.3. The van der Waals surface area contributed by atoms with Gasteiger partial charge in [0.05, 0.1) is 6.04 Å². The van der Waals surface area contributed by atoms with E-state index in [2.05, 4.69) is 20.9 Å². The van der Waals surface area contributed by atoms with E-state index >= 15 is 0 Å². The number of rotatable bonds is 13. The zero-order chi connectivity index (χ0) is 27.0. The van der Waals surface area contributed by atoms with Crippen molar-refractivity contribution in [1.29, 1.82) is 0 Å². The van der Waals surface area contributed by atoms with Gasteiger partial charge >= 0.3 is 11.9 Å². The zero-order valence-corrected chi connectivity index (χ0v) is 20.4. The molecule has 0 saturated carbocycles. The Hall–Kier alpha value is -3.93. The summed E-state index contributed by atoms with van der Waals surface area (Å²) in [6.45, 7) is 4.66. The van der Waals surface area contributed by atoms with Gasteiger partial charge in [-0.05, 0) is 30.9 Å². The molecule has 0 aliphatic carbocycles. The highest BCUT2D eigenvalue weighted by atomic mass is 16.4. The van der Waals surface area contributed by atoms with Crippen LogP contribution in [0.4, 0.5) is 0 Å². The summed E-state index contributed by atoms with van der Waals surface area (Å²) in [6, 6.07) is 2.76. The molecule has 2 aromatic rings. The van der Waals surface area contributed by atoms with Crippen molar-refractivity contribution in [3.8, 4) is 0 Å². The third-order valence-corrected chi connectivity index (χ3v) is 5.66. The first-order chi connectivity index (χ1) is 16.9. The lowest BCUT2D eigenvalue weighted by atomic mass is 10.0. The van der Waals surface area contributed by atoms with E-state index in [1.165, 1.54) is 6.92 Å². The van der Waals surface area contributed by atoms with E-state index in [1.807, 2.05) is 24.3 Å². The summed E-state index contributed by atoms with van der Waals surface area (Å²) >= 11 is 0. The first-order valence-corrected chi connectivity index (χ1v) is 11.6. The Kier molecular flexibility index (Phi) is 9.97. The second-order valence-corrected chi connectivity index (χ2v) is 8.98. The molecule has 0 radical (unpaired) electrons. The number of carboxylic acids is 2. The van der Waals surface area contributed by atoms with E-state index in [0.717, 1.165) is 16.5 Å². The van der Waals surface area contributed by atoms with E-state index in [-0.39, 0.29) is 12.8 Å². The van der Waals surface area contributed by atoms with Gasteiger partial charge in [0.15, 0.2) is 0 Å². The van der Waals surface area contributed by atoms with Crippen LogP contribution in [0.15, 0.2) is 30.5 Å². The van der Waals surface area contributed by atoms with Gasteiger partial charge in [-0.1, -0.05) is 32.0 Å². The van der Waals surface area contributed by atoms with Gasteiger partial charge in [-0.15, -0.1) is 0 Å². The Bertz CT molecular complexity index is 1110. The van der Waals surface area contributed by atoms with Crippen LogP contribution in [0.25, 0.3) is 10.9 Å². The molecule has 0 aliphatic rings. The van der Waals surface area contributed by atoms with Crippen molar-refractivity contribution in [2.75, 3.05) is 0 Å².